The van der Waals surface area contributed by atoms with Gasteiger partial charge in [0.15, 0.2) is 0 Å². The zero-order valence-electron chi connectivity index (χ0n) is 2.22. The van der Waals surface area contributed by atoms with Crippen LogP contribution in [0.5, 0.6) is 0 Å². The first kappa shape index (κ1) is 11.2. The Balaban J connectivity index is 0. The molecule has 0 bridgehead atoms. The molecule has 6 heavy (non-hydrogen) atoms. The molecule has 0 rings (SSSR count). The molecule has 45 valence electrons. The van der Waals surface area contributed by atoms with Crippen molar-refractivity contribution in [3.8, 4) is 0 Å². The summed E-state index contributed by atoms with van der Waals surface area (Å²) in [6.45, 7) is 0. The first-order chi connectivity index (χ1) is 2.00. The molecule has 0 aliphatic carbocycles. The summed E-state index contributed by atoms with van der Waals surface area (Å²) in [6, 6.07) is 0. The summed E-state index contributed by atoms with van der Waals surface area (Å²) in [5.74, 6) is 0. The zero-order chi connectivity index (χ0) is 4.50. The fourth-order valence-corrected chi connectivity index (χ4v) is 0. The molecule has 0 aliphatic rings. The molecule has 0 spiro atoms. The SMILES string of the molecule is [Cl][Mo]([Cl])([Cl])[Cl].[Cu]. The second kappa shape index (κ2) is 4.27. The van der Waals surface area contributed by atoms with E-state index in [0.29, 0.717) is 0 Å². The van der Waals surface area contributed by atoms with Crippen LogP contribution in [-0.2, 0) is 29.0 Å². The average Bonchev–Trinajstić information content (AvgIpc) is 0.722. The molecule has 6 heteroatoms. The van der Waals surface area contributed by atoms with Crippen LogP contribution in [-0.4, -0.2) is 0 Å². The van der Waals surface area contributed by atoms with Crippen molar-refractivity contribution in [2.75, 3.05) is 0 Å². The number of hydrogen-bond acceptors (Lipinski definition) is 0. The second-order valence-corrected chi connectivity index (χ2v) is 18.6. The van der Waals surface area contributed by atoms with Crippen LogP contribution in [0, 0.1) is 0 Å². The van der Waals surface area contributed by atoms with E-state index in [1.165, 1.54) is 0 Å². The molecule has 0 N–H and O–H groups in total. The van der Waals surface area contributed by atoms with E-state index >= 15 is 0 Å². The van der Waals surface area contributed by atoms with Gasteiger partial charge in [-0.3, -0.25) is 0 Å². The molecule has 0 aromatic heterocycles. The first-order valence-electron chi connectivity index (χ1n) is 0.617. The van der Waals surface area contributed by atoms with E-state index in [2.05, 4.69) is 0 Å². The van der Waals surface area contributed by atoms with Crippen molar-refractivity contribution in [3.05, 3.63) is 0 Å². The Kier molecular flexibility index (Phi) is 7.97. The van der Waals surface area contributed by atoms with Gasteiger partial charge in [0.2, 0.25) is 0 Å². The van der Waals surface area contributed by atoms with E-state index < -0.39 is 11.9 Å². The molecule has 0 nitrogen and oxygen atoms in total. The molecule has 0 aliphatic heterocycles. The first-order valence-corrected chi connectivity index (χ1v) is 11.0. The third-order valence-electron chi connectivity index (χ3n) is 0. The van der Waals surface area contributed by atoms with Gasteiger partial charge in [0.05, 0.1) is 0 Å². The monoisotopic (exact) mass is 301 g/mol. The quantitative estimate of drug-likeness (QED) is 0.604. The summed E-state index contributed by atoms with van der Waals surface area (Å²) < 4.78 is 0. The minimum absolute atomic E-state index is 0. The third-order valence-corrected chi connectivity index (χ3v) is 0. The van der Waals surface area contributed by atoms with Gasteiger partial charge in [0.1, 0.15) is 0 Å². The third kappa shape index (κ3) is 32.7. The zero-order valence-corrected chi connectivity index (χ0v) is 8.19. The van der Waals surface area contributed by atoms with Crippen LogP contribution in [0.3, 0.4) is 0 Å². The Morgan fingerprint density at radius 3 is 0.833 bits per heavy atom. The maximum Gasteiger partial charge on any atom is 0 e. The van der Waals surface area contributed by atoms with Crippen molar-refractivity contribution in [2.24, 2.45) is 0 Å². The largest absolute Gasteiger partial charge is 0 e. The normalized spacial score (nSPS) is 12.7. The predicted octanol–water partition coefficient (Wildman–Crippen LogP) is 2.75. The summed E-state index contributed by atoms with van der Waals surface area (Å²) in [4.78, 5) is 0. The van der Waals surface area contributed by atoms with Gasteiger partial charge in [0.25, 0.3) is 0 Å². The van der Waals surface area contributed by atoms with E-state index in [1.54, 1.807) is 0 Å². The predicted molar refractivity (Wildman–Crippen MR) is 23.4 cm³/mol. The fourth-order valence-electron chi connectivity index (χ4n) is 0. The van der Waals surface area contributed by atoms with Crippen LogP contribution in [0.1, 0.15) is 0 Å². The molecule has 0 saturated heterocycles. The van der Waals surface area contributed by atoms with Crippen LogP contribution in [0.4, 0.5) is 0 Å². The number of halogens is 4. The minimum Gasteiger partial charge on any atom is 0 e. The van der Waals surface area contributed by atoms with Crippen LogP contribution >= 0.6 is 37.7 Å². The van der Waals surface area contributed by atoms with Crippen LogP contribution in [0.15, 0.2) is 0 Å². The van der Waals surface area contributed by atoms with Crippen molar-refractivity contribution in [3.63, 3.8) is 0 Å². The molecule has 0 aromatic carbocycles. The Hall–Kier alpha value is 2.37. The average molecular weight is 301 g/mol. The molecule has 0 aromatic rings. The molecule has 0 heterocycles. The Morgan fingerprint density at radius 1 is 0.833 bits per heavy atom. The van der Waals surface area contributed by atoms with Gasteiger partial charge in [-0.25, -0.2) is 0 Å². The van der Waals surface area contributed by atoms with Gasteiger partial charge in [-0.15, -0.1) is 0 Å². The minimum atomic E-state index is -3.13. The topological polar surface area (TPSA) is 0 Å². The van der Waals surface area contributed by atoms with Crippen LogP contribution in [0.2, 0.25) is 0 Å². The maximum atomic E-state index is 5.02. The summed E-state index contributed by atoms with van der Waals surface area (Å²) >= 11 is -3.13. The van der Waals surface area contributed by atoms with E-state index in [0.717, 1.165) is 0 Å². The molecule has 1 radical (unpaired) electrons. The summed E-state index contributed by atoms with van der Waals surface area (Å²) in [6.07, 6.45) is 0. The molecule has 0 amide bonds. The van der Waals surface area contributed by atoms with Crippen molar-refractivity contribution < 1.29 is 29.0 Å². The number of hydrogen-bond donors (Lipinski definition) is 0. The standard InChI is InChI=1S/4ClH.Cu.Mo/h4*1H;;/q;;;;;+4/p-4. The van der Waals surface area contributed by atoms with Gasteiger partial charge >= 0.3 is 49.6 Å². The molecular weight excluding hydrogens is 301 g/mol. The van der Waals surface area contributed by atoms with Crippen molar-refractivity contribution in [1.29, 1.82) is 0 Å². The maximum absolute atomic E-state index is 5.02. The molecular formula is Cl4CuMo. The van der Waals surface area contributed by atoms with Crippen molar-refractivity contribution >= 4 is 37.7 Å². The van der Waals surface area contributed by atoms with Gasteiger partial charge in [-0.2, -0.15) is 0 Å². The van der Waals surface area contributed by atoms with Gasteiger partial charge in [-0.1, -0.05) is 0 Å². The molecule has 0 unspecified atom stereocenters. The second-order valence-electron chi connectivity index (χ2n) is 0.350. The van der Waals surface area contributed by atoms with Crippen LogP contribution in [0.25, 0.3) is 0 Å². The summed E-state index contributed by atoms with van der Waals surface area (Å²) in [5.41, 5.74) is 0. The smallest absolute Gasteiger partial charge is 0 e. The molecule has 0 saturated carbocycles. The van der Waals surface area contributed by atoms with E-state index in [-0.39, 0.29) is 17.1 Å². The number of rotatable bonds is 0. The van der Waals surface area contributed by atoms with Gasteiger partial charge < -0.3 is 0 Å². The Labute approximate surface area is 65.8 Å². The van der Waals surface area contributed by atoms with Gasteiger partial charge in [-0.05, 0) is 0 Å². The fraction of sp³-hybridized carbons (Fsp3) is 0. The Morgan fingerprint density at radius 2 is 0.833 bits per heavy atom. The van der Waals surface area contributed by atoms with E-state index in [4.69, 9.17) is 37.7 Å². The molecule has 0 fully saturated rings. The van der Waals surface area contributed by atoms with E-state index in [9.17, 15) is 0 Å². The summed E-state index contributed by atoms with van der Waals surface area (Å²) in [5, 5.41) is 0. The van der Waals surface area contributed by atoms with Crippen molar-refractivity contribution in [1.82, 2.24) is 0 Å². The Bertz CT molecular complexity index is 23.0. The van der Waals surface area contributed by atoms with Crippen LogP contribution < -0.4 is 0 Å². The van der Waals surface area contributed by atoms with Crippen molar-refractivity contribution in [2.45, 2.75) is 0 Å². The van der Waals surface area contributed by atoms with Gasteiger partial charge in [0, 0.05) is 17.1 Å². The van der Waals surface area contributed by atoms with E-state index in [1.807, 2.05) is 0 Å². The summed E-state index contributed by atoms with van der Waals surface area (Å²) in [7, 11) is 20.1. The molecule has 0 atom stereocenters.